The molecular weight excluding hydrogens is 187 g/mol. The maximum atomic E-state index is 2.39. The Morgan fingerprint density at radius 3 is 2.67 bits per heavy atom. The second-order valence-corrected chi connectivity index (χ2v) is 5.85. The van der Waals surface area contributed by atoms with Crippen LogP contribution in [0.15, 0.2) is 0 Å². The average Bonchev–Trinajstić information content (AvgIpc) is 1.86. The van der Waals surface area contributed by atoms with Crippen LogP contribution in [0.2, 0.25) is 0 Å². The molecule has 1 heterocycles. The summed E-state index contributed by atoms with van der Waals surface area (Å²) in [5.74, 6) is 0. The predicted octanol–water partition coefficient (Wildman–Crippen LogP) is -1.74. The fraction of sp³-hybridized carbons (Fsp3) is 1.00. The molecule has 1 heteroatoms. The van der Waals surface area contributed by atoms with Crippen molar-refractivity contribution >= 4 is 0 Å². The minimum atomic E-state index is 0.679. The monoisotopic (exact) mass is 197 g/mol. The molecule has 1 aliphatic heterocycles. The Balaban J connectivity index is 2.18. The molecule has 0 N–H and O–H groups in total. The molecule has 1 aliphatic rings. The third kappa shape index (κ3) is 1.10. The van der Waals surface area contributed by atoms with Crippen molar-refractivity contribution in [2.45, 2.75) is 23.7 Å². The summed E-state index contributed by atoms with van der Waals surface area (Å²) in [7, 11) is 0. The zero-order chi connectivity index (χ0) is 4.41. The van der Waals surface area contributed by atoms with Gasteiger partial charge in [0.05, 0.1) is 0 Å². The van der Waals surface area contributed by atoms with E-state index in [0.717, 1.165) is 3.92 Å². The van der Waals surface area contributed by atoms with E-state index in [1.807, 2.05) is 0 Å². The summed E-state index contributed by atoms with van der Waals surface area (Å²) in [5.41, 5.74) is 0. The van der Waals surface area contributed by atoms with E-state index < -0.39 is 0 Å². The van der Waals surface area contributed by atoms with Gasteiger partial charge in [-0.3, -0.25) is 0 Å². The van der Waals surface area contributed by atoms with Crippen LogP contribution in [0.5, 0.6) is 0 Å². The molecule has 0 aromatic rings. The molecule has 0 radical (unpaired) electrons. The average molecular weight is 197 g/mol. The molecule has 0 spiro atoms. The van der Waals surface area contributed by atoms with Gasteiger partial charge in [0.1, 0.15) is 0 Å². The van der Waals surface area contributed by atoms with Crippen molar-refractivity contribution in [3.05, 3.63) is 0 Å². The SMILES string of the molecule is CC1CCC[I-]1. The standard InChI is InChI=1S/C5H10I/c1-5-3-2-4-6-5/h5H,2-4H2,1H3/q-1. The van der Waals surface area contributed by atoms with Gasteiger partial charge in [-0.1, -0.05) is 0 Å². The zero-order valence-corrected chi connectivity index (χ0v) is 6.23. The van der Waals surface area contributed by atoms with E-state index >= 15 is 0 Å². The summed E-state index contributed by atoms with van der Waals surface area (Å²) in [4.78, 5) is 0. The molecule has 1 unspecified atom stereocenters. The van der Waals surface area contributed by atoms with E-state index in [1.165, 1.54) is 12.8 Å². The van der Waals surface area contributed by atoms with Crippen LogP contribution in [0.4, 0.5) is 0 Å². The first-order valence-corrected chi connectivity index (χ1v) is 5.24. The van der Waals surface area contributed by atoms with Crippen molar-refractivity contribution in [1.29, 1.82) is 0 Å². The van der Waals surface area contributed by atoms with Crippen molar-refractivity contribution < 1.29 is 21.2 Å². The van der Waals surface area contributed by atoms with Gasteiger partial charge in [0.25, 0.3) is 0 Å². The topological polar surface area (TPSA) is 0 Å². The number of rotatable bonds is 0. The van der Waals surface area contributed by atoms with Crippen LogP contribution in [-0.2, 0) is 0 Å². The molecule has 0 nitrogen and oxygen atoms in total. The molecule has 6 heavy (non-hydrogen) atoms. The Labute approximate surface area is 49.6 Å². The van der Waals surface area contributed by atoms with Crippen molar-refractivity contribution in [2.24, 2.45) is 0 Å². The first-order valence-electron chi connectivity index (χ1n) is 2.47. The first kappa shape index (κ1) is 4.88. The molecule has 0 aromatic heterocycles. The Kier molecular flexibility index (Phi) is 1.74. The van der Waals surface area contributed by atoms with E-state index in [0.29, 0.717) is 21.2 Å². The molecule has 0 bridgehead atoms. The van der Waals surface area contributed by atoms with Crippen molar-refractivity contribution in [1.82, 2.24) is 0 Å². The van der Waals surface area contributed by atoms with E-state index in [1.54, 1.807) is 4.43 Å². The maximum absolute atomic E-state index is 2.39. The number of alkyl halides is 2. The summed E-state index contributed by atoms with van der Waals surface area (Å²) in [6.45, 7) is 2.39. The number of hydrogen-bond acceptors (Lipinski definition) is 0. The van der Waals surface area contributed by atoms with Gasteiger partial charge in [0.2, 0.25) is 0 Å². The van der Waals surface area contributed by atoms with Gasteiger partial charge in [-0.25, -0.2) is 0 Å². The molecule has 1 atom stereocenters. The zero-order valence-electron chi connectivity index (χ0n) is 4.08. The van der Waals surface area contributed by atoms with E-state index in [2.05, 4.69) is 6.92 Å². The van der Waals surface area contributed by atoms with Crippen LogP contribution >= 0.6 is 0 Å². The third-order valence-corrected chi connectivity index (χ3v) is 4.62. The van der Waals surface area contributed by atoms with Crippen LogP contribution in [-0.4, -0.2) is 8.35 Å². The molecule has 0 saturated carbocycles. The molecule has 1 saturated heterocycles. The van der Waals surface area contributed by atoms with E-state index in [4.69, 9.17) is 0 Å². The van der Waals surface area contributed by atoms with Gasteiger partial charge in [0.15, 0.2) is 0 Å². The molecule has 0 amide bonds. The van der Waals surface area contributed by atoms with Gasteiger partial charge in [0, 0.05) is 0 Å². The summed E-state index contributed by atoms with van der Waals surface area (Å²) < 4.78 is 2.75. The van der Waals surface area contributed by atoms with Crippen LogP contribution in [0.1, 0.15) is 19.8 Å². The molecule has 0 aliphatic carbocycles. The minimum absolute atomic E-state index is 0.679. The van der Waals surface area contributed by atoms with Crippen LogP contribution in [0.3, 0.4) is 0 Å². The normalized spacial score (nSPS) is 35.8. The summed E-state index contributed by atoms with van der Waals surface area (Å²) >= 11 is 0.679. The Morgan fingerprint density at radius 2 is 2.50 bits per heavy atom. The van der Waals surface area contributed by atoms with Gasteiger partial charge in [-0.05, 0) is 0 Å². The van der Waals surface area contributed by atoms with Crippen molar-refractivity contribution in [2.75, 3.05) is 4.43 Å². The number of halogens is 1. The van der Waals surface area contributed by atoms with Gasteiger partial charge >= 0.3 is 49.3 Å². The van der Waals surface area contributed by atoms with Crippen LogP contribution in [0.25, 0.3) is 0 Å². The molecule has 0 aromatic carbocycles. The summed E-state index contributed by atoms with van der Waals surface area (Å²) in [6.07, 6.45) is 3.07. The Hall–Kier alpha value is 0.730. The Bertz CT molecular complexity index is 37.2. The second kappa shape index (κ2) is 2.15. The first-order chi connectivity index (χ1) is 2.89. The summed E-state index contributed by atoms with van der Waals surface area (Å²) in [5, 5.41) is 0. The predicted molar refractivity (Wildman–Crippen MR) is 23.6 cm³/mol. The quantitative estimate of drug-likeness (QED) is 0.319. The summed E-state index contributed by atoms with van der Waals surface area (Å²) in [6, 6.07) is 0. The van der Waals surface area contributed by atoms with Crippen molar-refractivity contribution in [3.8, 4) is 0 Å². The molecule has 1 rings (SSSR count). The van der Waals surface area contributed by atoms with Gasteiger partial charge < -0.3 is 0 Å². The van der Waals surface area contributed by atoms with Crippen LogP contribution < -0.4 is 21.2 Å². The van der Waals surface area contributed by atoms with E-state index in [9.17, 15) is 0 Å². The third-order valence-electron chi connectivity index (χ3n) is 1.11. The molecular formula is C5H10I-. The molecule has 1 fully saturated rings. The Morgan fingerprint density at radius 1 is 1.67 bits per heavy atom. The second-order valence-electron chi connectivity index (χ2n) is 1.77. The van der Waals surface area contributed by atoms with E-state index in [-0.39, 0.29) is 0 Å². The van der Waals surface area contributed by atoms with Crippen molar-refractivity contribution in [3.63, 3.8) is 0 Å². The van der Waals surface area contributed by atoms with Crippen LogP contribution in [0, 0.1) is 0 Å². The molecule has 38 valence electrons. The van der Waals surface area contributed by atoms with Gasteiger partial charge in [-0.15, -0.1) is 0 Å². The fourth-order valence-electron chi connectivity index (χ4n) is 0.699. The number of hydrogen-bond donors (Lipinski definition) is 0. The fourth-order valence-corrected chi connectivity index (χ4v) is 3.52. The van der Waals surface area contributed by atoms with Gasteiger partial charge in [-0.2, -0.15) is 0 Å².